The van der Waals surface area contributed by atoms with Gasteiger partial charge in [-0.05, 0) is 24.8 Å². The SMILES string of the molecule is O=C(c1cc(=O)[nH]c(=O)[nH]1)N1CCCCC1c1ncc(Cc2ccccc2)o1. The molecule has 144 valence electrons. The summed E-state index contributed by atoms with van der Waals surface area (Å²) in [4.78, 5) is 46.5. The van der Waals surface area contributed by atoms with Gasteiger partial charge in [-0.2, -0.15) is 0 Å². The van der Waals surface area contributed by atoms with E-state index < -0.39 is 17.2 Å². The minimum absolute atomic E-state index is 0.0308. The molecule has 2 aromatic heterocycles. The molecule has 2 N–H and O–H groups in total. The fraction of sp³-hybridized carbons (Fsp3) is 0.300. The van der Waals surface area contributed by atoms with Gasteiger partial charge in [-0.1, -0.05) is 30.3 Å². The van der Waals surface area contributed by atoms with Crippen LogP contribution in [0.3, 0.4) is 0 Å². The Bertz CT molecular complexity index is 1050. The maximum absolute atomic E-state index is 12.9. The summed E-state index contributed by atoms with van der Waals surface area (Å²) in [5, 5.41) is 0. The van der Waals surface area contributed by atoms with E-state index in [1.165, 1.54) is 0 Å². The number of oxazole rings is 1. The maximum Gasteiger partial charge on any atom is 0.326 e. The summed E-state index contributed by atoms with van der Waals surface area (Å²) >= 11 is 0. The van der Waals surface area contributed by atoms with Gasteiger partial charge in [0, 0.05) is 19.0 Å². The summed E-state index contributed by atoms with van der Waals surface area (Å²) in [6, 6.07) is 10.7. The number of rotatable bonds is 4. The highest BCUT2D eigenvalue weighted by Gasteiger charge is 2.32. The molecule has 0 aliphatic carbocycles. The van der Waals surface area contributed by atoms with Gasteiger partial charge in [0.05, 0.1) is 6.20 Å². The molecule has 1 unspecified atom stereocenters. The Morgan fingerprint density at radius 2 is 2.00 bits per heavy atom. The van der Waals surface area contributed by atoms with Crippen LogP contribution in [-0.2, 0) is 6.42 Å². The normalized spacial score (nSPS) is 16.9. The number of likely N-dealkylation sites (tertiary alicyclic amines) is 1. The summed E-state index contributed by atoms with van der Waals surface area (Å²) in [5.41, 5.74) is -0.229. The Balaban J connectivity index is 1.58. The number of amides is 1. The fourth-order valence-electron chi connectivity index (χ4n) is 3.53. The van der Waals surface area contributed by atoms with Crippen molar-refractivity contribution in [3.05, 3.63) is 86.3 Å². The van der Waals surface area contributed by atoms with Crippen LogP contribution in [-0.4, -0.2) is 32.3 Å². The van der Waals surface area contributed by atoms with Gasteiger partial charge in [-0.3, -0.25) is 14.6 Å². The van der Waals surface area contributed by atoms with Gasteiger partial charge < -0.3 is 14.3 Å². The summed E-state index contributed by atoms with van der Waals surface area (Å²) in [6.45, 7) is 0.509. The Kier molecular flexibility index (Phi) is 4.92. The van der Waals surface area contributed by atoms with E-state index in [9.17, 15) is 14.4 Å². The van der Waals surface area contributed by atoms with E-state index >= 15 is 0 Å². The number of aromatic nitrogens is 3. The van der Waals surface area contributed by atoms with Crippen LogP contribution >= 0.6 is 0 Å². The molecule has 1 aromatic carbocycles. The number of hydrogen-bond donors (Lipinski definition) is 2. The number of piperidine rings is 1. The number of carbonyl (C=O) groups excluding carboxylic acids is 1. The summed E-state index contributed by atoms with van der Waals surface area (Å²) in [7, 11) is 0. The molecular weight excluding hydrogens is 360 g/mol. The summed E-state index contributed by atoms with van der Waals surface area (Å²) in [6.07, 6.45) is 4.80. The van der Waals surface area contributed by atoms with Crippen LogP contribution in [0.5, 0.6) is 0 Å². The standard InChI is InChI=1S/C20H20N4O4/c25-17-11-15(22-20(27)23-17)19(26)24-9-5-4-8-16(24)18-21-12-14(28-18)10-13-6-2-1-3-7-13/h1-3,6-7,11-12,16H,4-5,8-10H2,(H2,22,23,25,27). The second-order valence-electron chi connectivity index (χ2n) is 6.84. The number of nitrogens with one attached hydrogen (secondary N) is 2. The van der Waals surface area contributed by atoms with Gasteiger partial charge in [0.15, 0.2) is 0 Å². The van der Waals surface area contributed by atoms with E-state index in [0.29, 0.717) is 25.3 Å². The first-order valence-corrected chi connectivity index (χ1v) is 9.23. The number of benzene rings is 1. The number of carbonyl (C=O) groups is 1. The van der Waals surface area contributed by atoms with Crippen molar-refractivity contribution in [3.8, 4) is 0 Å². The molecule has 28 heavy (non-hydrogen) atoms. The Morgan fingerprint density at radius 1 is 1.18 bits per heavy atom. The maximum atomic E-state index is 12.9. The van der Waals surface area contributed by atoms with Crippen molar-refractivity contribution in [1.29, 1.82) is 0 Å². The molecule has 8 heteroatoms. The molecule has 1 saturated heterocycles. The predicted octanol–water partition coefficient (Wildman–Crippen LogP) is 2.01. The van der Waals surface area contributed by atoms with Gasteiger partial charge in [-0.25, -0.2) is 9.78 Å². The van der Waals surface area contributed by atoms with Crippen molar-refractivity contribution >= 4 is 5.91 Å². The monoisotopic (exact) mass is 380 g/mol. The van der Waals surface area contributed by atoms with E-state index in [0.717, 1.165) is 30.2 Å². The molecule has 4 rings (SSSR count). The van der Waals surface area contributed by atoms with Crippen molar-refractivity contribution in [3.63, 3.8) is 0 Å². The van der Waals surface area contributed by atoms with Gasteiger partial charge in [-0.15, -0.1) is 0 Å². The van der Waals surface area contributed by atoms with E-state index in [-0.39, 0.29) is 11.7 Å². The number of H-pyrrole nitrogens is 2. The first-order chi connectivity index (χ1) is 13.6. The van der Waals surface area contributed by atoms with Crippen LogP contribution in [0.25, 0.3) is 0 Å². The molecule has 1 atom stereocenters. The molecule has 8 nitrogen and oxygen atoms in total. The zero-order chi connectivity index (χ0) is 19.5. The van der Waals surface area contributed by atoms with Crippen molar-refractivity contribution in [2.75, 3.05) is 6.54 Å². The van der Waals surface area contributed by atoms with Crippen LogP contribution in [0.2, 0.25) is 0 Å². The molecule has 1 aliphatic rings. The van der Waals surface area contributed by atoms with Crippen LogP contribution in [0.4, 0.5) is 0 Å². The van der Waals surface area contributed by atoms with Crippen molar-refractivity contribution in [2.24, 2.45) is 0 Å². The summed E-state index contributed by atoms with van der Waals surface area (Å²) in [5.74, 6) is 0.797. The summed E-state index contributed by atoms with van der Waals surface area (Å²) < 4.78 is 5.95. The van der Waals surface area contributed by atoms with Gasteiger partial charge in [0.2, 0.25) is 5.89 Å². The Morgan fingerprint density at radius 3 is 2.79 bits per heavy atom. The zero-order valence-electron chi connectivity index (χ0n) is 15.2. The third kappa shape index (κ3) is 3.80. The van der Waals surface area contributed by atoms with Crippen LogP contribution < -0.4 is 11.2 Å². The molecule has 1 fully saturated rings. The van der Waals surface area contributed by atoms with Crippen LogP contribution in [0.15, 0.2) is 56.6 Å². The molecule has 3 heterocycles. The molecule has 1 aliphatic heterocycles. The predicted molar refractivity (Wildman–Crippen MR) is 101 cm³/mol. The minimum Gasteiger partial charge on any atom is -0.443 e. The molecule has 0 saturated carbocycles. The third-order valence-electron chi connectivity index (χ3n) is 4.83. The lowest BCUT2D eigenvalue weighted by Gasteiger charge is -2.33. The van der Waals surface area contributed by atoms with E-state index in [1.807, 2.05) is 30.3 Å². The Hall–Kier alpha value is -3.42. The average Bonchev–Trinajstić information content (AvgIpc) is 3.16. The second kappa shape index (κ2) is 7.67. The van der Waals surface area contributed by atoms with Gasteiger partial charge in [0.1, 0.15) is 17.5 Å². The lowest BCUT2D eigenvalue weighted by atomic mass is 10.0. The first-order valence-electron chi connectivity index (χ1n) is 9.23. The topological polar surface area (TPSA) is 112 Å². The lowest BCUT2D eigenvalue weighted by Crippen LogP contribution is -2.40. The van der Waals surface area contributed by atoms with Gasteiger partial charge >= 0.3 is 5.69 Å². The molecular formula is C20H20N4O4. The van der Waals surface area contributed by atoms with Crippen molar-refractivity contribution in [1.82, 2.24) is 19.9 Å². The number of aromatic amines is 2. The van der Waals surface area contributed by atoms with Crippen molar-refractivity contribution < 1.29 is 9.21 Å². The van der Waals surface area contributed by atoms with Crippen LogP contribution in [0, 0.1) is 0 Å². The van der Waals surface area contributed by atoms with E-state index in [1.54, 1.807) is 11.1 Å². The number of nitrogens with zero attached hydrogens (tertiary/aromatic N) is 2. The quantitative estimate of drug-likeness (QED) is 0.719. The highest BCUT2D eigenvalue weighted by atomic mass is 16.4. The van der Waals surface area contributed by atoms with E-state index in [4.69, 9.17) is 4.42 Å². The molecule has 0 radical (unpaired) electrons. The highest BCUT2D eigenvalue weighted by Crippen LogP contribution is 2.31. The first kappa shape index (κ1) is 18.0. The fourth-order valence-corrected chi connectivity index (χ4v) is 3.53. The minimum atomic E-state index is -0.703. The average molecular weight is 380 g/mol. The molecule has 0 bridgehead atoms. The molecule has 1 amide bonds. The zero-order valence-corrected chi connectivity index (χ0v) is 15.2. The highest BCUT2D eigenvalue weighted by molar-refractivity contribution is 5.92. The van der Waals surface area contributed by atoms with Gasteiger partial charge in [0.25, 0.3) is 11.5 Å². The Labute approximate surface area is 160 Å². The smallest absolute Gasteiger partial charge is 0.326 e. The lowest BCUT2D eigenvalue weighted by molar-refractivity contribution is 0.0563. The second-order valence-corrected chi connectivity index (χ2v) is 6.84. The molecule has 0 spiro atoms. The van der Waals surface area contributed by atoms with E-state index in [2.05, 4.69) is 15.0 Å². The largest absolute Gasteiger partial charge is 0.443 e. The molecule has 3 aromatic rings. The number of hydrogen-bond acceptors (Lipinski definition) is 5. The van der Waals surface area contributed by atoms with Crippen molar-refractivity contribution in [2.45, 2.75) is 31.7 Å². The third-order valence-corrected chi connectivity index (χ3v) is 4.83. The van der Waals surface area contributed by atoms with Crippen LogP contribution in [0.1, 0.15) is 53.0 Å².